The second kappa shape index (κ2) is 7.40. The fourth-order valence-electron chi connectivity index (χ4n) is 2.88. The lowest BCUT2D eigenvalue weighted by molar-refractivity contribution is -0.139. The number of carbonyl (C=O) groups excluding carboxylic acids is 1. The maximum absolute atomic E-state index is 12.5. The highest BCUT2D eigenvalue weighted by atomic mass is 16.5. The minimum atomic E-state index is -0.262. The van der Waals surface area contributed by atoms with Gasteiger partial charge in [0.25, 0.3) is 0 Å². The summed E-state index contributed by atoms with van der Waals surface area (Å²) in [6.07, 6.45) is 0.271. The molecular weight excluding hydrogens is 288 g/mol. The average Bonchev–Trinajstić information content (AvgIpc) is 2.63. The molecule has 4 nitrogen and oxygen atoms in total. The zero-order valence-corrected chi connectivity index (χ0v) is 13.1. The van der Waals surface area contributed by atoms with Crippen molar-refractivity contribution in [2.45, 2.75) is 18.6 Å². The molecule has 1 aliphatic heterocycles. The third kappa shape index (κ3) is 3.97. The molecule has 0 radical (unpaired) electrons. The van der Waals surface area contributed by atoms with Crippen LogP contribution in [-0.4, -0.2) is 30.5 Å². The summed E-state index contributed by atoms with van der Waals surface area (Å²) < 4.78 is 5.81. The van der Waals surface area contributed by atoms with Gasteiger partial charge in [0.2, 0.25) is 5.91 Å². The first-order valence-electron chi connectivity index (χ1n) is 7.99. The normalized spacial score (nSPS) is 19.3. The van der Waals surface area contributed by atoms with E-state index in [9.17, 15) is 4.79 Å². The third-order valence-electron chi connectivity index (χ3n) is 4.21. The van der Waals surface area contributed by atoms with Gasteiger partial charge in [-0.05, 0) is 11.1 Å². The first-order chi connectivity index (χ1) is 11.2. The van der Waals surface area contributed by atoms with Gasteiger partial charge in [0.1, 0.15) is 6.10 Å². The number of ether oxygens (including phenoxy) is 1. The molecule has 0 saturated carbocycles. The van der Waals surface area contributed by atoms with Crippen LogP contribution in [0.1, 0.15) is 29.7 Å². The van der Waals surface area contributed by atoms with E-state index in [0.29, 0.717) is 26.1 Å². The van der Waals surface area contributed by atoms with Crippen molar-refractivity contribution in [3.63, 3.8) is 0 Å². The number of hydrogen-bond donors (Lipinski definition) is 1. The van der Waals surface area contributed by atoms with Gasteiger partial charge in [0.05, 0.1) is 13.2 Å². The second-order valence-corrected chi connectivity index (χ2v) is 5.83. The smallest absolute Gasteiger partial charge is 0.224 e. The van der Waals surface area contributed by atoms with Crippen LogP contribution in [0.5, 0.6) is 0 Å². The zero-order valence-electron chi connectivity index (χ0n) is 13.1. The van der Waals surface area contributed by atoms with Crippen LogP contribution in [0.2, 0.25) is 0 Å². The van der Waals surface area contributed by atoms with E-state index in [2.05, 4.69) is 0 Å². The molecule has 1 amide bonds. The van der Waals surface area contributed by atoms with E-state index in [1.165, 1.54) is 0 Å². The summed E-state index contributed by atoms with van der Waals surface area (Å²) in [5.41, 5.74) is 8.27. The highest BCUT2D eigenvalue weighted by Gasteiger charge is 2.26. The molecular formula is C19H22N2O2. The van der Waals surface area contributed by atoms with Gasteiger partial charge >= 0.3 is 0 Å². The highest BCUT2D eigenvalue weighted by molar-refractivity contribution is 5.77. The quantitative estimate of drug-likeness (QED) is 0.944. The summed E-state index contributed by atoms with van der Waals surface area (Å²) in [6, 6.07) is 19.5. The van der Waals surface area contributed by atoms with Crippen LogP contribution < -0.4 is 5.73 Å². The van der Waals surface area contributed by atoms with Gasteiger partial charge in [-0.25, -0.2) is 0 Å². The van der Waals surface area contributed by atoms with Gasteiger partial charge in [-0.15, -0.1) is 0 Å². The van der Waals surface area contributed by atoms with E-state index in [1.54, 1.807) is 0 Å². The van der Waals surface area contributed by atoms with Crippen LogP contribution >= 0.6 is 0 Å². The average molecular weight is 310 g/mol. The second-order valence-electron chi connectivity index (χ2n) is 5.83. The molecule has 3 rings (SSSR count). The molecule has 120 valence electrons. The lowest BCUT2D eigenvalue weighted by Crippen LogP contribution is -2.43. The van der Waals surface area contributed by atoms with Crippen LogP contribution in [0.25, 0.3) is 0 Å². The summed E-state index contributed by atoms with van der Waals surface area (Å²) in [5.74, 6) is 0.0885. The summed E-state index contributed by atoms with van der Waals surface area (Å²) in [7, 11) is 0. The molecule has 23 heavy (non-hydrogen) atoms. The zero-order chi connectivity index (χ0) is 16.1. The van der Waals surface area contributed by atoms with E-state index >= 15 is 0 Å². The predicted molar refractivity (Wildman–Crippen MR) is 89.7 cm³/mol. The first kappa shape index (κ1) is 15.7. The van der Waals surface area contributed by atoms with Gasteiger partial charge in [-0.2, -0.15) is 0 Å². The fraction of sp³-hybridized carbons (Fsp3) is 0.316. The number of morpholine rings is 1. The minimum absolute atomic E-state index is 0.0538. The van der Waals surface area contributed by atoms with Gasteiger partial charge in [0, 0.05) is 19.0 Å². The Labute approximate surface area is 136 Å². The number of hydrogen-bond acceptors (Lipinski definition) is 3. The molecule has 0 bridgehead atoms. The molecule has 1 heterocycles. The number of nitrogens with two attached hydrogens (primary N) is 1. The number of nitrogens with zero attached hydrogens (tertiary/aromatic N) is 1. The SMILES string of the molecule is NC(CC(=O)N1CCOC(c2ccccc2)C1)c1ccccc1. The minimum Gasteiger partial charge on any atom is -0.370 e. The van der Waals surface area contributed by atoms with Gasteiger partial charge in [0.15, 0.2) is 0 Å². The Morgan fingerprint density at radius 3 is 2.48 bits per heavy atom. The van der Waals surface area contributed by atoms with Crippen LogP contribution in [0.3, 0.4) is 0 Å². The van der Waals surface area contributed by atoms with Crippen molar-refractivity contribution >= 4 is 5.91 Å². The van der Waals surface area contributed by atoms with E-state index in [-0.39, 0.29) is 18.1 Å². The van der Waals surface area contributed by atoms with E-state index in [4.69, 9.17) is 10.5 Å². The predicted octanol–water partition coefficient (Wildman–Crippen LogP) is 2.68. The number of carbonyl (C=O) groups is 1. The highest BCUT2D eigenvalue weighted by Crippen LogP contribution is 2.23. The summed E-state index contributed by atoms with van der Waals surface area (Å²) in [6.45, 7) is 1.78. The van der Waals surface area contributed by atoms with E-state index in [1.807, 2.05) is 65.6 Å². The van der Waals surface area contributed by atoms with Crippen LogP contribution in [0, 0.1) is 0 Å². The van der Waals surface area contributed by atoms with Crippen molar-refractivity contribution < 1.29 is 9.53 Å². The van der Waals surface area contributed by atoms with Crippen molar-refractivity contribution in [2.24, 2.45) is 5.73 Å². The van der Waals surface area contributed by atoms with Gasteiger partial charge in [-0.3, -0.25) is 4.79 Å². The summed E-state index contributed by atoms with van der Waals surface area (Å²) in [5, 5.41) is 0. The molecule has 1 saturated heterocycles. The Balaban J connectivity index is 1.61. The Morgan fingerprint density at radius 2 is 1.78 bits per heavy atom. The van der Waals surface area contributed by atoms with Crippen LogP contribution in [0.15, 0.2) is 60.7 Å². The van der Waals surface area contributed by atoms with Crippen molar-refractivity contribution in [3.8, 4) is 0 Å². The van der Waals surface area contributed by atoms with Crippen molar-refractivity contribution in [1.29, 1.82) is 0 Å². The maximum atomic E-state index is 12.5. The molecule has 2 N–H and O–H groups in total. The fourth-order valence-corrected chi connectivity index (χ4v) is 2.88. The Morgan fingerprint density at radius 1 is 1.13 bits per heavy atom. The molecule has 1 aliphatic rings. The molecule has 1 fully saturated rings. The molecule has 0 aromatic heterocycles. The standard InChI is InChI=1S/C19H22N2O2/c20-17(15-7-3-1-4-8-15)13-19(22)21-11-12-23-18(14-21)16-9-5-2-6-10-16/h1-10,17-18H,11-14,20H2. The van der Waals surface area contributed by atoms with E-state index < -0.39 is 0 Å². The van der Waals surface area contributed by atoms with Crippen LogP contribution in [0.4, 0.5) is 0 Å². The van der Waals surface area contributed by atoms with Crippen LogP contribution in [-0.2, 0) is 9.53 Å². The Bertz CT molecular complexity index is 630. The molecule has 2 unspecified atom stereocenters. The molecule has 0 spiro atoms. The Kier molecular flexibility index (Phi) is 5.05. The monoisotopic (exact) mass is 310 g/mol. The molecule has 2 atom stereocenters. The number of rotatable bonds is 4. The largest absolute Gasteiger partial charge is 0.370 e. The summed E-state index contributed by atoms with van der Waals surface area (Å²) in [4.78, 5) is 14.4. The Hall–Kier alpha value is -2.17. The van der Waals surface area contributed by atoms with Gasteiger partial charge in [-0.1, -0.05) is 60.7 Å². The third-order valence-corrected chi connectivity index (χ3v) is 4.21. The van der Waals surface area contributed by atoms with Gasteiger partial charge < -0.3 is 15.4 Å². The first-order valence-corrected chi connectivity index (χ1v) is 7.99. The number of amides is 1. The maximum Gasteiger partial charge on any atom is 0.224 e. The topological polar surface area (TPSA) is 55.6 Å². The lowest BCUT2D eigenvalue weighted by Gasteiger charge is -2.33. The molecule has 2 aromatic carbocycles. The molecule has 2 aromatic rings. The number of benzene rings is 2. The van der Waals surface area contributed by atoms with Crippen molar-refractivity contribution in [1.82, 2.24) is 4.90 Å². The van der Waals surface area contributed by atoms with Crippen molar-refractivity contribution in [2.75, 3.05) is 19.7 Å². The molecule has 4 heteroatoms. The molecule has 0 aliphatic carbocycles. The lowest BCUT2D eigenvalue weighted by atomic mass is 10.0. The summed E-state index contributed by atoms with van der Waals surface area (Å²) >= 11 is 0. The van der Waals surface area contributed by atoms with Crippen molar-refractivity contribution in [3.05, 3.63) is 71.8 Å². The van der Waals surface area contributed by atoms with E-state index in [0.717, 1.165) is 11.1 Å².